The Kier molecular flexibility index (Phi) is 5.64. The van der Waals surface area contributed by atoms with Crippen LogP contribution in [0.15, 0.2) is 48.5 Å². The second kappa shape index (κ2) is 7.91. The van der Waals surface area contributed by atoms with Crippen LogP contribution in [-0.2, 0) is 0 Å². The van der Waals surface area contributed by atoms with Crippen LogP contribution in [0.4, 0.5) is 0 Å². The highest BCUT2D eigenvalue weighted by Gasteiger charge is 2.29. The van der Waals surface area contributed by atoms with Crippen LogP contribution in [0, 0.1) is 5.92 Å². The Morgan fingerprint density at radius 2 is 1.71 bits per heavy atom. The molecule has 128 valence electrons. The largest absolute Gasteiger partial charge is 0.497 e. The molecule has 0 unspecified atom stereocenters. The summed E-state index contributed by atoms with van der Waals surface area (Å²) in [7, 11) is 3.85. The fraction of sp³-hybridized carbons (Fsp3) is 0.400. The number of piperidine rings is 1. The van der Waals surface area contributed by atoms with Crippen LogP contribution in [0.1, 0.15) is 17.9 Å². The van der Waals surface area contributed by atoms with E-state index in [-0.39, 0.29) is 0 Å². The predicted molar refractivity (Wildman–Crippen MR) is 98.3 cm³/mol. The molecular formula is C20H24ClNO2. The Labute approximate surface area is 149 Å². The minimum absolute atomic E-state index is 0.465. The fourth-order valence-corrected chi connectivity index (χ4v) is 3.53. The molecule has 0 saturated carbocycles. The average molecular weight is 346 g/mol. The van der Waals surface area contributed by atoms with Gasteiger partial charge in [0.1, 0.15) is 11.5 Å². The van der Waals surface area contributed by atoms with Crippen molar-refractivity contribution in [3.05, 3.63) is 59.1 Å². The number of ether oxygens (including phenoxy) is 2. The fourth-order valence-electron chi connectivity index (χ4n) is 3.41. The molecule has 2 atom stereocenters. The second-order valence-electron chi connectivity index (χ2n) is 6.46. The molecule has 0 spiro atoms. The molecule has 2 aromatic carbocycles. The van der Waals surface area contributed by atoms with Gasteiger partial charge in [-0.3, -0.25) is 0 Å². The molecule has 1 aliphatic heterocycles. The Bertz CT molecular complexity index is 642. The van der Waals surface area contributed by atoms with Gasteiger partial charge in [0.05, 0.1) is 13.7 Å². The molecule has 0 amide bonds. The van der Waals surface area contributed by atoms with Crippen molar-refractivity contribution < 1.29 is 9.47 Å². The van der Waals surface area contributed by atoms with E-state index < -0.39 is 0 Å². The molecule has 1 aliphatic rings. The van der Waals surface area contributed by atoms with Crippen molar-refractivity contribution in [2.75, 3.05) is 33.9 Å². The van der Waals surface area contributed by atoms with E-state index >= 15 is 0 Å². The first-order valence-electron chi connectivity index (χ1n) is 8.36. The third kappa shape index (κ3) is 4.22. The normalized spacial score (nSPS) is 21.5. The Morgan fingerprint density at radius 1 is 1.04 bits per heavy atom. The average Bonchev–Trinajstić information content (AvgIpc) is 2.61. The van der Waals surface area contributed by atoms with Crippen molar-refractivity contribution in [1.29, 1.82) is 0 Å². The van der Waals surface area contributed by atoms with Crippen molar-refractivity contribution in [3.8, 4) is 11.5 Å². The number of nitrogens with zero attached hydrogens (tertiary/aromatic N) is 1. The lowest BCUT2D eigenvalue weighted by Crippen LogP contribution is -2.39. The summed E-state index contributed by atoms with van der Waals surface area (Å²) < 4.78 is 11.2. The summed E-state index contributed by atoms with van der Waals surface area (Å²) in [5, 5.41) is 0.790. The van der Waals surface area contributed by atoms with E-state index in [0.29, 0.717) is 18.4 Å². The van der Waals surface area contributed by atoms with Crippen molar-refractivity contribution in [2.45, 2.75) is 12.3 Å². The highest BCUT2D eigenvalue weighted by Crippen LogP contribution is 2.33. The van der Waals surface area contributed by atoms with Crippen LogP contribution in [0.5, 0.6) is 11.5 Å². The maximum atomic E-state index is 6.06. The molecule has 0 aliphatic carbocycles. The number of hydrogen-bond donors (Lipinski definition) is 0. The molecular weight excluding hydrogens is 322 g/mol. The van der Waals surface area contributed by atoms with Crippen molar-refractivity contribution >= 4 is 11.6 Å². The van der Waals surface area contributed by atoms with Gasteiger partial charge in [0, 0.05) is 17.5 Å². The number of benzene rings is 2. The lowest BCUT2D eigenvalue weighted by Gasteiger charge is -2.37. The minimum atomic E-state index is 0.465. The number of methoxy groups -OCH3 is 1. The van der Waals surface area contributed by atoms with Gasteiger partial charge in [-0.15, -0.1) is 0 Å². The first-order valence-corrected chi connectivity index (χ1v) is 8.74. The van der Waals surface area contributed by atoms with Gasteiger partial charge in [-0.1, -0.05) is 23.7 Å². The van der Waals surface area contributed by atoms with Crippen molar-refractivity contribution in [3.63, 3.8) is 0 Å². The third-order valence-corrected chi connectivity index (χ3v) is 5.01. The summed E-state index contributed by atoms with van der Waals surface area (Å²) >= 11 is 6.03. The van der Waals surface area contributed by atoms with E-state index in [1.165, 1.54) is 5.56 Å². The van der Waals surface area contributed by atoms with Crippen LogP contribution < -0.4 is 9.47 Å². The van der Waals surface area contributed by atoms with Gasteiger partial charge < -0.3 is 14.4 Å². The molecule has 0 N–H and O–H groups in total. The topological polar surface area (TPSA) is 21.7 Å². The van der Waals surface area contributed by atoms with Gasteiger partial charge >= 0.3 is 0 Å². The summed E-state index contributed by atoms with van der Waals surface area (Å²) in [6.07, 6.45) is 1.15. The van der Waals surface area contributed by atoms with E-state index in [2.05, 4.69) is 24.1 Å². The molecule has 1 saturated heterocycles. The standard InChI is InChI=1S/C20H24ClNO2/c1-22-12-11-20(15-3-5-17(21)6-4-15)16(13-22)14-24-19-9-7-18(23-2)8-10-19/h3-10,16,20H,11-14H2,1-2H3/t16-,20-/m1/s1. The SMILES string of the molecule is COc1ccc(OC[C@H]2CN(C)CC[C@@H]2c2ccc(Cl)cc2)cc1. The van der Waals surface area contributed by atoms with Crippen LogP contribution in [0.25, 0.3) is 0 Å². The number of rotatable bonds is 5. The summed E-state index contributed by atoms with van der Waals surface area (Å²) in [4.78, 5) is 2.38. The smallest absolute Gasteiger partial charge is 0.119 e. The summed E-state index contributed by atoms with van der Waals surface area (Å²) in [6.45, 7) is 2.87. The monoisotopic (exact) mass is 345 g/mol. The zero-order chi connectivity index (χ0) is 16.9. The predicted octanol–water partition coefficient (Wildman–Crippen LogP) is 4.46. The number of likely N-dealkylation sites (tertiary alicyclic amines) is 1. The number of halogens is 1. The molecule has 1 fully saturated rings. The van der Waals surface area contributed by atoms with Gasteiger partial charge in [0.2, 0.25) is 0 Å². The highest BCUT2D eigenvalue weighted by molar-refractivity contribution is 6.30. The molecule has 0 radical (unpaired) electrons. The maximum absolute atomic E-state index is 6.06. The van der Waals surface area contributed by atoms with Crippen LogP contribution in [0.3, 0.4) is 0 Å². The Morgan fingerprint density at radius 3 is 2.38 bits per heavy atom. The first-order chi connectivity index (χ1) is 11.7. The molecule has 3 rings (SSSR count). The van der Waals surface area contributed by atoms with Crippen molar-refractivity contribution in [1.82, 2.24) is 4.90 Å². The van der Waals surface area contributed by atoms with Crippen molar-refractivity contribution in [2.24, 2.45) is 5.92 Å². The van der Waals surface area contributed by atoms with E-state index in [1.54, 1.807) is 7.11 Å². The van der Waals surface area contributed by atoms with Gasteiger partial charge in [-0.25, -0.2) is 0 Å². The molecule has 24 heavy (non-hydrogen) atoms. The summed E-state index contributed by atoms with van der Waals surface area (Å²) in [5.74, 6) is 2.71. The molecule has 0 bridgehead atoms. The van der Waals surface area contributed by atoms with E-state index in [4.69, 9.17) is 21.1 Å². The minimum Gasteiger partial charge on any atom is -0.497 e. The van der Waals surface area contributed by atoms with E-state index in [9.17, 15) is 0 Å². The summed E-state index contributed by atoms with van der Waals surface area (Å²) in [5.41, 5.74) is 1.36. The maximum Gasteiger partial charge on any atom is 0.119 e. The molecule has 2 aromatic rings. The quantitative estimate of drug-likeness (QED) is 0.798. The van der Waals surface area contributed by atoms with Gasteiger partial charge in [-0.05, 0) is 67.9 Å². The highest BCUT2D eigenvalue weighted by atomic mass is 35.5. The zero-order valence-corrected chi connectivity index (χ0v) is 15.0. The van der Waals surface area contributed by atoms with E-state index in [0.717, 1.165) is 36.0 Å². The molecule has 0 aromatic heterocycles. The van der Waals surface area contributed by atoms with Crippen LogP contribution >= 0.6 is 11.6 Å². The molecule has 3 nitrogen and oxygen atoms in total. The second-order valence-corrected chi connectivity index (χ2v) is 6.89. The third-order valence-electron chi connectivity index (χ3n) is 4.76. The number of hydrogen-bond acceptors (Lipinski definition) is 3. The molecule has 4 heteroatoms. The van der Waals surface area contributed by atoms with Crippen LogP contribution in [0.2, 0.25) is 5.02 Å². The molecule has 1 heterocycles. The first kappa shape index (κ1) is 17.1. The van der Waals surface area contributed by atoms with Gasteiger partial charge in [0.15, 0.2) is 0 Å². The van der Waals surface area contributed by atoms with Crippen LogP contribution in [-0.4, -0.2) is 38.8 Å². The Hall–Kier alpha value is -1.71. The van der Waals surface area contributed by atoms with Gasteiger partial charge in [-0.2, -0.15) is 0 Å². The van der Waals surface area contributed by atoms with E-state index in [1.807, 2.05) is 36.4 Å². The lowest BCUT2D eigenvalue weighted by atomic mass is 9.81. The van der Waals surface area contributed by atoms with Gasteiger partial charge in [0.25, 0.3) is 0 Å². The summed E-state index contributed by atoms with van der Waals surface area (Å²) in [6, 6.07) is 16.0. The zero-order valence-electron chi connectivity index (χ0n) is 14.2. The Balaban J connectivity index is 1.68. The lowest BCUT2D eigenvalue weighted by molar-refractivity contribution is 0.129.